The van der Waals surface area contributed by atoms with Crippen LogP contribution in [0.3, 0.4) is 0 Å². The molecule has 1 aliphatic rings. The lowest BCUT2D eigenvalue weighted by atomic mass is 10.1. The van der Waals surface area contributed by atoms with Gasteiger partial charge in [-0.1, -0.05) is 18.2 Å². The zero-order valence-electron chi connectivity index (χ0n) is 19.0. The normalized spacial score (nSPS) is 15.0. The molecule has 0 radical (unpaired) electrons. The quantitative estimate of drug-likeness (QED) is 0.336. The van der Waals surface area contributed by atoms with Crippen LogP contribution in [0.1, 0.15) is 21.6 Å². The summed E-state index contributed by atoms with van der Waals surface area (Å²) in [6.07, 6.45) is 0. The van der Waals surface area contributed by atoms with Crippen molar-refractivity contribution in [1.82, 2.24) is 20.7 Å². The van der Waals surface area contributed by atoms with E-state index in [9.17, 15) is 9.59 Å². The Kier molecular flexibility index (Phi) is 7.99. The van der Waals surface area contributed by atoms with Crippen molar-refractivity contribution in [2.75, 3.05) is 31.1 Å². The third-order valence-corrected chi connectivity index (χ3v) is 6.74. The fraction of sp³-hybridized carbons (Fsp3) is 0.320. The van der Waals surface area contributed by atoms with Crippen LogP contribution in [0.5, 0.6) is 5.75 Å². The number of benzene rings is 2. The standard InChI is InChI=1S/C25H28N4O4S/c1-17-14-19(21-4-2-3-5-22(21)27-17)16-33-20-8-6-18(7-9-20)24(30)26-15-23(25(31)28-32)29-10-12-34-13-11-29/h2-9,14,23,32H,10-13,15-16H2,1H3,(H,26,30)(H,28,31)/t23-/m0/s1. The molecule has 34 heavy (non-hydrogen) atoms. The molecule has 1 saturated heterocycles. The van der Waals surface area contributed by atoms with Crippen LogP contribution in [0.2, 0.25) is 0 Å². The molecule has 0 saturated carbocycles. The number of amides is 2. The van der Waals surface area contributed by atoms with Gasteiger partial charge < -0.3 is 10.1 Å². The number of hydroxylamine groups is 1. The van der Waals surface area contributed by atoms with E-state index in [1.165, 1.54) is 0 Å². The molecular weight excluding hydrogens is 452 g/mol. The van der Waals surface area contributed by atoms with E-state index in [4.69, 9.17) is 9.94 Å². The molecule has 2 heterocycles. The summed E-state index contributed by atoms with van der Waals surface area (Å²) >= 11 is 1.82. The Labute approximate surface area is 202 Å². The van der Waals surface area contributed by atoms with Gasteiger partial charge in [-0.3, -0.25) is 24.7 Å². The van der Waals surface area contributed by atoms with Crippen LogP contribution in [-0.4, -0.2) is 64.1 Å². The van der Waals surface area contributed by atoms with E-state index in [-0.39, 0.29) is 12.5 Å². The van der Waals surface area contributed by atoms with Crippen molar-refractivity contribution in [3.8, 4) is 5.75 Å². The van der Waals surface area contributed by atoms with Crippen molar-refractivity contribution in [2.24, 2.45) is 0 Å². The van der Waals surface area contributed by atoms with Gasteiger partial charge in [-0.15, -0.1) is 0 Å². The molecule has 0 unspecified atom stereocenters. The Morgan fingerprint density at radius 1 is 1.15 bits per heavy atom. The molecule has 1 aliphatic heterocycles. The lowest BCUT2D eigenvalue weighted by Gasteiger charge is -2.32. The average molecular weight is 481 g/mol. The highest BCUT2D eigenvalue weighted by Crippen LogP contribution is 2.21. The van der Waals surface area contributed by atoms with Gasteiger partial charge in [0.05, 0.1) is 5.52 Å². The Morgan fingerprint density at radius 3 is 2.62 bits per heavy atom. The number of hydrogen-bond acceptors (Lipinski definition) is 7. The van der Waals surface area contributed by atoms with Crippen LogP contribution < -0.4 is 15.5 Å². The van der Waals surface area contributed by atoms with Gasteiger partial charge in [0.15, 0.2) is 0 Å². The maximum atomic E-state index is 12.6. The summed E-state index contributed by atoms with van der Waals surface area (Å²) in [6.45, 7) is 3.93. The minimum Gasteiger partial charge on any atom is -0.489 e. The monoisotopic (exact) mass is 480 g/mol. The molecule has 1 aromatic heterocycles. The molecule has 1 fully saturated rings. The number of hydrogen-bond donors (Lipinski definition) is 3. The number of rotatable bonds is 8. The number of thioether (sulfide) groups is 1. The van der Waals surface area contributed by atoms with Crippen LogP contribution in [0, 0.1) is 6.92 Å². The van der Waals surface area contributed by atoms with Crippen molar-refractivity contribution in [3.63, 3.8) is 0 Å². The number of fused-ring (bicyclic) bond motifs is 1. The van der Waals surface area contributed by atoms with E-state index in [1.807, 2.05) is 53.9 Å². The molecule has 3 N–H and O–H groups in total. The molecule has 4 rings (SSSR count). The zero-order valence-corrected chi connectivity index (χ0v) is 19.8. The van der Waals surface area contributed by atoms with E-state index in [1.54, 1.807) is 29.7 Å². The van der Waals surface area contributed by atoms with Crippen LogP contribution in [-0.2, 0) is 11.4 Å². The molecule has 9 heteroatoms. The first-order valence-electron chi connectivity index (χ1n) is 11.2. The Bertz CT molecular complexity index is 1150. The topological polar surface area (TPSA) is 104 Å². The van der Waals surface area contributed by atoms with Gasteiger partial charge in [0.2, 0.25) is 0 Å². The van der Waals surface area contributed by atoms with Crippen LogP contribution in [0.15, 0.2) is 54.6 Å². The second-order valence-electron chi connectivity index (χ2n) is 8.10. The van der Waals surface area contributed by atoms with Gasteiger partial charge in [0, 0.05) is 53.3 Å². The first-order valence-corrected chi connectivity index (χ1v) is 12.3. The minimum atomic E-state index is -0.615. The highest BCUT2D eigenvalue weighted by molar-refractivity contribution is 7.99. The first-order chi connectivity index (χ1) is 16.5. The Hall–Kier alpha value is -3.14. The molecule has 0 aliphatic carbocycles. The highest BCUT2D eigenvalue weighted by atomic mass is 32.2. The maximum Gasteiger partial charge on any atom is 0.262 e. The number of aromatic nitrogens is 1. The molecular formula is C25H28N4O4S. The largest absolute Gasteiger partial charge is 0.489 e. The summed E-state index contributed by atoms with van der Waals surface area (Å²) in [7, 11) is 0. The van der Waals surface area contributed by atoms with Crippen molar-refractivity contribution >= 4 is 34.5 Å². The van der Waals surface area contributed by atoms with Gasteiger partial charge in [-0.05, 0) is 43.3 Å². The molecule has 8 nitrogen and oxygen atoms in total. The van der Waals surface area contributed by atoms with Crippen molar-refractivity contribution in [1.29, 1.82) is 0 Å². The number of ether oxygens (including phenoxy) is 1. The maximum absolute atomic E-state index is 12.6. The fourth-order valence-electron chi connectivity index (χ4n) is 4.02. The van der Waals surface area contributed by atoms with Crippen molar-refractivity contribution in [3.05, 3.63) is 71.4 Å². The zero-order chi connectivity index (χ0) is 23.9. The number of nitrogens with zero attached hydrogens (tertiary/aromatic N) is 2. The predicted molar refractivity (Wildman–Crippen MR) is 132 cm³/mol. The summed E-state index contributed by atoms with van der Waals surface area (Å²) in [5, 5.41) is 13.0. The molecule has 2 aromatic carbocycles. The number of carbonyl (C=O) groups is 2. The van der Waals surface area contributed by atoms with Crippen LogP contribution in [0.4, 0.5) is 0 Å². The summed E-state index contributed by atoms with van der Waals surface area (Å²) in [6, 6.07) is 16.3. The molecule has 0 bridgehead atoms. The van der Waals surface area contributed by atoms with E-state index >= 15 is 0 Å². The predicted octanol–water partition coefficient (Wildman–Crippen LogP) is 2.77. The third-order valence-electron chi connectivity index (χ3n) is 5.80. The van der Waals surface area contributed by atoms with Crippen molar-refractivity contribution < 1.29 is 19.5 Å². The third kappa shape index (κ3) is 5.85. The molecule has 3 aromatic rings. The molecule has 178 valence electrons. The summed E-state index contributed by atoms with van der Waals surface area (Å²) in [4.78, 5) is 31.3. The lowest BCUT2D eigenvalue weighted by Crippen LogP contribution is -2.54. The van der Waals surface area contributed by atoms with Gasteiger partial charge in [0.1, 0.15) is 18.4 Å². The summed E-state index contributed by atoms with van der Waals surface area (Å²) in [5.41, 5.74) is 5.10. The van der Waals surface area contributed by atoms with E-state index < -0.39 is 11.9 Å². The van der Waals surface area contributed by atoms with Crippen LogP contribution >= 0.6 is 11.8 Å². The number of carbonyl (C=O) groups excluding carboxylic acids is 2. The second-order valence-corrected chi connectivity index (χ2v) is 9.33. The minimum absolute atomic E-state index is 0.114. The molecule has 1 atom stereocenters. The van der Waals surface area contributed by atoms with E-state index in [0.29, 0.717) is 17.9 Å². The SMILES string of the molecule is Cc1cc(COc2ccc(C(=O)NC[C@@H](C(=O)NO)N3CCSCC3)cc2)c2ccccc2n1. The van der Waals surface area contributed by atoms with Crippen LogP contribution in [0.25, 0.3) is 10.9 Å². The van der Waals surface area contributed by atoms with Gasteiger partial charge >= 0.3 is 0 Å². The van der Waals surface area contributed by atoms with Crippen molar-refractivity contribution in [2.45, 2.75) is 19.6 Å². The first kappa shape index (κ1) is 24.0. The van der Waals surface area contributed by atoms with Gasteiger partial charge in [-0.2, -0.15) is 11.8 Å². The second kappa shape index (κ2) is 11.3. The Morgan fingerprint density at radius 2 is 1.88 bits per heavy atom. The summed E-state index contributed by atoms with van der Waals surface area (Å²) in [5.74, 6) is 1.68. The molecule has 2 amide bonds. The van der Waals surface area contributed by atoms with E-state index in [0.717, 1.165) is 46.8 Å². The number of nitrogens with one attached hydrogen (secondary N) is 2. The smallest absolute Gasteiger partial charge is 0.262 e. The fourth-order valence-corrected chi connectivity index (χ4v) is 4.95. The highest BCUT2D eigenvalue weighted by Gasteiger charge is 2.27. The number of aryl methyl sites for hydroxylation is 1. The van der Waals surface area contributed by atoms with Gasteiger partial charge in [-0.25, -0.2) is 5.48 Å². The number of para-hydroxylation sites is 1. The molecule has 0 spiro atoms. The average Bonchev–Trinajstić information content (AvgIpc) is 2.88. The van der Waals surface area contributed by atoms with Gasteiger partial charge in [0.25, 0.3) is 11.8 Å². The van der Waals surface area contributed by atoms with E-state index in [2.05, 4.69) is 10.3 Å². The Balaban J connectivity index is 1.36. The number of pyridine rings is 1. The summed E-state index contributed by atoms with van der Waals surface area (Å²) < 4.78 is 5.96. The lowest BCUT2D eigenvalue weighted by molar-refractivity contribution is -0.134.